The minimum absolute atomic E-state index is 0.131. The molecule has 0 spiro atoms. The molecule has 1 unspecified atom stereocenters. The predicted molar refractivity (Wildman–Crippen MR) is 97.9 cm³/mol. The SMILES string of the molecule is CCOc1cc2c(cc1/C=C/C(=O)N(CC1CC1)C1CC1)OC(C)C2. The molecule has 25 heavy (non-hydrogen) atoms. The Morgan fingerprint density at radius 3 is 2.80 bits per heavy atom. The lowest BCUT2D eigenvalue weighted by molar-refractivity contribution is -0.126. The van der Waals surface area contributed by atoms with Crippen molar-refractivity contribution < 1.29 is 14.3 Å². The van der Waals surface area contributed by atoms with Crippen LogP contribution in [-0.2, 0) is 11.2 Å². The minimum atomic E-state index is 0.131. The first-order chi connectivity index (χ1) is 12.1. The quantitative estimate of drug-likeness (QED) is 0.708. The molecule has 134 valence electrons. The van der Waals surface area contributed by atoms with Gasteiger partial charge in [-0.3, -0.25) is 4.79 Å². The molecule has 0 radical (unpaired) electrons. The molecule has 0 saturated heterocycles. The van der Waals surface area contributed by atoms with Gasteiger partial charge in [0.05, 0.1) is 6.61 Å². The molecule has 2 saturated carbocycles. The number of carbonyl (C=O) groups is 1. The Hall–Kier alpha value is -1.97. The van der Waals surface area contributed by atoms with Gasteiger partial charge < -0.3 is 14.4 Å². The summed E-state index contributed by atoms with van der Waals surface area (Å²) in [7, 11) is 0. The first kappa shape index (κ1) is 16.5. The topological polar surface area (TPSA) is 38.8 Å². The molecule has 0 N–H and O–H groups in total. The third-order valence-electron chi connectivity index (χ3n) is 5.16. The third kappa shape index (κ3) is 3.83. The summed E-state index contributed by atoms with van der Waals surface area (Å²) in [5.74, 6) is 2.61. The number of rotatable bonds is 7. The molecule has 1 heterocycles. The highest BCUT2D eigenvalue weighted by Crippen LogP contribution is 2.37. The van der Waals surface area contributed by atoms with Gasteiger partial charge in [0, 0.05) is 36.2 Å². The van der Waals surface area contributed by atoms with E-state index in [1.54, 1.807) is 6.08 Å². The second kappa shape index (κ2) is 6.74. The van der Waals surface area contributed by atoms with E-state index >= 15 is 0 Å². The van der Waals surface area contributed by atoms with Crippen LogP contribution in [0.1, 0.15) is 50.7 Å². The fourth-order valence-corrected chi connectivity index (χ4v) is 3.51. The number of nitrogens with zero attached hydrogens (tertiary/aromatic N) is 1. The fraction of sp³-hybridized carbons (Fsp3) is 0.571. The van der Waals surface area contributed by atoms with Crippen LogP contribution in [0.4, 0.5) is 0 Å². The van der Waals surface area contributed by atoms with Crippen LogP contribution in [0.25, 0.3) is 6.08 Å². The van der Waals surface area contributed by atoms with E-state index in [0.29, 0.717) is 12.6 Å². The van der Waals surface area contributed by atoms with Crippen LogP contribution >= 0.6 is 0 Å². The number of amides is 1. The highest BCUT2D eigenvalue weighted by Gasteiger charge is 2.35. The van der Waals surface area contributed by atoms with Crippen LogP contribution in [0.2, 0.25) is 0 Å². The first-order valence-corrected chi connectivity index (χ1v) is 9.59. The summed E-state index contributed by atoms with van der Waals surface area (Å²) in [5.41, 5.74) is 2.11. The van der Waals surface area contributed by atoms with Gasteiger partial charge in [0.1, 0.15) is 17.6 Å². The van der Waals surface area contributed by atoms with Gasteiger partial charge in [0.2, 0.25) is 5.91 Å². The van der Waals surface area contributed by atoms with Crippen LogP contribution in [0.15, 0.2) is 18.2 Å². The average molecular weight is 341 g/mol. The van der Waals surface area contributed by atoms with Crippen molar-refractivity contribution in [1.29, 1.82) is 0 Å². The van der Waals surface area contributed by atoms with Crippen molar-refractivity contribution in [2.45, 2.75) is 58.1 Å². The van der Waals surface area contributed by atoms with Gasteiger partial charge in [-0.25, -0.2) is 0 Å². The molecule has 4 rings (SSSR count). The highest BCUT2D eigenvalue weighted by atomic mass is 16.5. The molecule has 1 aromatic carbocycles. The summed E-state index contributed by atoms with van der Waals surface area (Å²) in [4.78, 5) is 14.8. The van der Waals surface area contributed by atoms with E-state index in [-0.39, 0.29) is 12.0 Å². The molecular weight excluding hydrogens is 314 g/mol. The largest absolute Gasteiger partial charge is 0.493 e. The maximum Gasteiger partial charge on any atom is 0.246 e. The zero-order valence-corrected chi connectivity index (χ0v) is 15.2. The minimum Gasteiger partial charge on any atom is -0.493 e. The Kier molecular flexibility index (Phi) is 4.45. The number of ether oxygens (including phenoxy) is 2. The maximum atomic E-state index is 12.7. The Labute approximate surface area is 149 Å². The Morgan fingerprint density at radius 2 is 2.12 bits per heavy atom. The second-order valence-electron chi connectivity index (χ2n) is 7.56. The molecule has 3 aliphatic rings. The van der Waals surface area contributed by atoms with Gasteiger partial charge in [-0.05, 0) is 63.7 Å². The lowest BCUT2D eigenvalue weighted by Gasteiger charge is -2.20. The summed E-state index contributed by atoms with van der Waals surface area (Å²) in [6.45, 7) is 5.59. The van der Waals surface area contributed by atoms with E-state index in [2.05, 4.69) is 17.9 Å². The highest BCUT2D eigenvalue weighted by molar-refractivity contribution is 5.92. The molecule has 2 fully saturated rings. The van der Waals surface area contributed by atoms with Gasteiger partial charge in [-0.2, -0.15) is 0 Å². The van der Waals surface area contributed by atoms with Crippen LogP contribution < -0.4 is 9.47 Å². The van der Waals surface area contributed by atoms with Crippen molar-refractivity contribution in [1.82, 2.24) is 4.90 Å². The molecule has 4 heteroatoms. The van der Waals surface area contributed by atoms with Crippen LogP contribution in [0.3, 0.4) is 0 Å². The van der Waals surface area contributed by atoms with E-state index in [9.17, 15) is 4.79 Å². The Balaban J connectivity index is 1.53. The fourth-order valence-electron chi connectivity index (χ4n) is 3.51. The van der Waals surface area contributed by atoms with Crippen molar-refractivity contribution >= 4 is 12.0 Å². The Bertz CT molecular complexity index is 689. The van der Waals surface area contributed by atoms with E-state index in [1.165, 1.54) is 18.4 Å². The van der Waals surface area contributed by atoms with Gasteiger partial charge in [0.25, 0.3) is 0 Å². The van der Waals surface area contributed by atoms with E-state index in [1.807, 2.05) is 19.1 Å². The lowest BCUT2D eigenvalue weighted by atomic mass is 10.1. The van der Waals surface area contributed by atoms with Crippen molar-refractivity contribution in [2.24, 2.45) is 5.92 Å². The third-order valence-corrected chi connectivity index (χ3v) is 5.16. The summed E-state index contributed by atoms with van der Waals surface area (Å²) in [6.07, 6.45) is 9.57. The smallest absolute Gasteiger partial charge is 0.246 e. The number of hydrogen-bond acceptors (Lipinski definition) is 3. The molecule has 1 aromatic rings. The molecule has 1 aliphatic heterocycles. The molecule has 4 nitrogen and oxygen atoms in total. The van der Waals surface area contributed by atoms with Crippen molar-refractivity contribution in [3.05, 3.63) is 29.3 Å². The zero-order valence-electron chi connectivity index (χ0n) is 15.2. The maximum absolute atomic E-state index is 12.7. The second-order valence-corrected chi connectivity index (χ2v) is 7.56. The van der Waals surface area contributed by atoms with Gasteiger partial charge in [-0.15, -0.1) is 0 Å². The van der Waals surface area contributed by atoms with Crippen molar-refractivity contribution in [3.8, 4) is 11.5 Å². The predicted octanol–water partition coefficient (Wildman–Crippen LogP) is 3.82. The van der Waals surface area contributed by atoms with Crippen LogP contribution in [-0.4, -0.2) is 36.1 Å². The standard InChI is InChI=1S/C21H27NO3/c1-3-24-19-12-17-10-14(2)25-20(17)11-16(19)6-9-21(23)22(18-7-8-18)13-15-4-5-15/h6,9,11-12,14-15,18H,3-5,7-8,10,13H2,1-2H3/b9-6+. The summed E-state index contributed by atoms with van der Waals surface area (Å²) in [6, 6.07) is 4.54. The first-order valence-electron chi connectivity index (χ1n) is 9.59. The molecule has 0 aromatic heterocycles. The van der Waals surface area contributed by atoms with E-state index < -0.39 is 0 Å². The normalized spacial score (nSPS) is 21.9. The zero-order chi connectivity index (χ0) is 17.4. The average Bonchev–Trinajstić information content (AvgIpc) is 3.48. The molecular formula is C21H27NO3. The number of benzene rings is 1. The Morgan fingerprint density at radius 1 is 1.32 bits per heavy atom. The molecule has 0 bridgehead atoms. The van der Waals surface area contributed by atoms with Gasteiger partial charge in [0.15, 0.2) is 0 Å². The summed E-state index contributed by atoms with van der Waals surface area (Å²) >= 11 is 0. The van der Waals surface area contributed by atoms with Crippen LogP contribution in [0, 0.1) is 5.92 Å². The summed E-state index contributed by atoms with van der Waals surface area (Å²) in [5, 5.41) is 0. The van der Waals surface area contributed by atoms with E-state index in [0.717, 1.165) is 48.8 Å². The lowest BCUT2D eigenvalue weighted by Crippen LogP contribution is -2.33. The van der Waals surface area contributed by atoms with Gasteiger partial charge in [-0.1, -0.05) is 0 Å². The molecule has 2 aliphatic carbocycles. The van der Waals surface area contributed by atoms with Gasteiger partial charge >= 0.3 is 0 Å². The summed E-state index contributed by atoms with van der Waals surface area (Å²) < 4.78 is 11.7. The van der Waals surface area contributed by atoms with Crippen molar-refractivity contribution in [3.63, 3.8) is 0 Å². The van der Waals surface area contributed by atoms with Crippen molar-refractivity contribution in [2.75, 3.05) is 13.2 Å². The number of fused-ring (bicyclic) bond motifs is 1. The van der Waals surface area contributed by atoms with Crippen LogP contribution in [0.5, 0.6) is 11.5 Å². The van der Waals surface area contributed by atoms with E-state index in [4.69, 9.17) is 9.47 Å². The number of hydrogen-bond donors (Lipinski definition) is 0. The monoisotopic (exact) mass is 341 g/mol. The molecule has 1 atom stereocenters. The molecule has 1 amide bonds. The number of carbonyl (C=O) groups excluding carboxylic acids is 1.